The van der Waals surface area contributed by atoms with E-state index in [1.54, 1.807) is 4.57 Å². The van der Waals surface area contributed by atoms with Crippen molar-refractivity contribution < 1.29 is 19.0 Å². The van der Waals surface area contributed by atoms with Gasteiger partial charge in [-0.1, -0.05) is 12.8 Å². The first-order valence-corrected chi connectivity index (χ1v) is 9.42. The van der Waals surface area contributed by atoms with Gasteiger partial charge < -0.3 is 31.2 Å². The first kappa shape index (κ1) is 18.5. The summed E-state index contributed by atoms with van der Waals surface area (Å²) in [6.07, 6.45) is 5.49. The summed E-state index contributed by atoms with van der Waals surface area (Å²) in [5.41, 5.74) is 9.91. The number of aromatic nitrogens is 1. The lowest BCUT2D eigenvalue weighted by molar-refractivity contribution is 0.0692. The molecule has 6 N–H and O–H groups in total. The molecule has 1 saturated carbocycles. The van der Waals surface area contributed by atoms with Crippen LogP contribution in [0.3, 0.4) is 0 Å². The van der Waals surface area contributed by atoms with Crippen molar-refractivity contribution in [2.24, 2.45) is 5.73 Å². The highest BCUT2D eigenvalue weighted by atomic mass is 19.1. The Morgan fingerprint density at radius 1 is 1.39 bits per heavy atom. The maximum absolute atomic E-state index is 15.0. The second-order valence-corrected chi connectivity index (χ2v) is 7.49. The summed E-state index contributed by atoms with van der Waals surface area (Å²) < 4.78 is 22.8. The SMILES string of the molecule is NCCCNc1c(F)c(N)c2c(=O)c(C(=O)O)cn3c2c1OCC31CCCC1. The van der Waals surface area contributed by atoms with E-state index in [2.05, 4.69) is 5.32 Å². The van der Waals surface area contributed by atoms with E-state index in [-0.39, 0.29) is 29.1 Å². The van der Waals surface area contributed by atoms with Crippen molar-refractivity contribution in [3.63, 3.8) is 0 Å². The van der Waals surface area contributed by atoms with Crippen LogP contribution in [0, 0.1) is 5.82 Å². The van der Waals surface area contributed by atoms with E-state index in [1.165, 1.54) is 6.20 Å². The number of nitrogens with zero attached hydrogens (tertiary/aromatic N) is 1. The summed E-state index contributed by atoms with van der Waals surface area (Å²) in [6.45, 7) is 1.13. The predicted molar refractivity (Wildman–Crippen MR) is 104 cm³/mol. The largest absolute Gasteiger partial charge is 0.487 e. The van der Waals surface area contributed by atoms with Gasteiger partial charge in [-0.05, 0) is 25.8 Å². The molecule has 0 bridgehead atoms. The number of benzene rings is 1. The van der Waals surface area contributed by atoms with Crippen molar-refractivity contribution in [1.82, 2.24) is 4.57 Å². The Morgan fingerprint density at radius 3 is 2.75 bits per heavy atom. The smallest absolute Gasteiger partial charge is 0.341 e. The fourth-order valence-electron chi connectivity index (χ4n) is 4.38. The number of nitrogens with two attached hydrogens (primary N) is 2. The molecule has 4 rings (SSSR count). The summed E-state index contributed by atoms with van der Waals surface area (Å²) in [5.74, 6) is -1.97. The minimum atomic E-state index is -1.36. The quantitative estimate of drug-likeness (QED) is 0.452. The maximum atomic E-state index is 15.0. The van der Waals surface area contributed by atoms with Crippen LogP contribution in [0.2, 0.25) is 0 Å². The van der Waals surface area contributed by atoms with Gasteiger partial charge in [-0.15, -0.1) is 0 Å². The molecular weight excluding hydrogens is 367 g/mol. The highest BCUT2D eigenvalue weighted by Crippen LogP contribution is 2.48. The molecular formula is C19H23FN4O4. The van der Waals surface area contributed by atoms with Crippen molar-refractivity contribution in [1.29, 1.82) is 0 Å². The number of aromatic carboxylic acids is 1. The molecule has 0 saturated heterocycles. The zero-order valence-electron chi connectivity index (χ0n) is 15.4. The number of nitrogen functional groups attached to an aromatic ring is 1. The number of nitrogens with one attached hydrogen (secondary N) is 1. The first-order valence-electron chi connectivity index (χ1n) is 9.42. The van der Waals surface area contributed by atoms with Crippen molar-refractivity contribution >= 4 is 28.2 Å². The van der Waals surface area contributed by atoms with E-state index in [0.717, 1.165) is 25.7 Å². The van der Waals surface area contributed by atoms with E-state index in [1.807, 2.05) is 0 Å². The van der Waals surface area contributed by atoms with E-state index in [4.69, 9.17) is 16.2 Å². The average molecular weight is 390 g/mol. The molecule has 0 amide bonds. The summed E-state index contributed by atoms with van der Waals surface area (Å²) in [7, 11) is 0. The van der Waals surface area contributed by atoms with Gasteiger partial charge in [0, 0.05) is 12.7 Å². The highest BCUT2D eigenvalue weighted by Gasteiger charge is 2.43. The summed E-state index contributed by atoms with van der Waals surface area (Å²) in [4.78, 5) is 24.5. The lowest BCUT2D eigenvalue weighted by Crippen LogP contribution is -2.42. The third kappa shape index (κ3) is 2.53. The van der Waals surface area contributed by atoms with E-state index in [0.29, 0.717) is 25.0 Å². The molecule has 150 valence electrons. The number of carboxylic acid groups (broad SMARTS) is 1. The normalized spacial score (nSPS) is 17.1. The Labute approximate surface area is 160 Å². The van der Waals surface area contributed by atoms with Gasteiger partial charge in [0.05, 0.1) is 22.1 Å². The number of rotatable bonds is 5. The average Bonchev–Trinajstić information content (AvgIpc) is 3.13. The van der Waals surface area contributed by atoms with Crippen LogP contribution in [0.4, 0.5) is 15.8 Å². The first-order chi connectivity index (χ1) is 13.4. The van der Waals surface area contributed by atoms with Gasteiger partial charge in [0.1, 0.15) is 17.9 Å². The molecule has 2 aliphatic rings. The molecule has 9 heteroatoms. The number of halogens is 1. The summed E-state index contributed by atoms with van der Waals surface area (Å²) in [5, 5.41) is 12.4. The minimum absolute atomic E-state index is 0.0857. The zero-order chi connectivity index (χ0) is 20.1. The van der Waals surface area contributed by atoms with Crippen LogP contribution >= 0.6 is 0 Å². The molecule has 1 fully saturated rings. The van der Waals surface area contributed by atoms with Gasteiger partial charge in [-0.2, -0.15) is 0 Å². The van der Waals surface area contributed by atoms with Crippen LogP contribution in [0.15, 0.2) is 11.0 Å². The van der Waals surface area contributed by atoms with Crippen LogP contribution in [0.1, 0.15) is 42.5 Å². The topological polar surface area (TPSA) is 133 Å². The Morgan fingerprint density at radius 2 is 2.11 bits per heavy atom. The second-order valence-electron chi connectivity index (χ2n) is 7.49. The standard InChI is InChI=1S/C19H23FN4O4/c20-12-13(22)11-15-17(14(12)23-7-3-6-21)28-9-19(4-1-2-5-19)24(15)8-10(16(11)25)18(26)27/h8,23H,1-7,9,21-22H2,(H,26,27). The van der Waals surface area contributed by atoms with E-state index < -0.39 is 28.3 Å². The lowest BCUT2D eigenvalue weighted by Gasteiger charge is -2.39. The number of anilines is 2. The van der Waals surface area contributed by atoms with Crippen LogP contribution in [-0.2, 0) is 5.54 Å². The molecule has 2 heterocycles. The molecule has 0 radical (unpaired) electrons. The third-order valence-corrected chi connectivity index (χ3v) is 5.82. The number of ether oxygens (including phenoxy) is 1. The van der Waals surface area contributed by atoms with Crippen LogP contribution < -0.4 is 26.9 Å². The molecule has 0 unspecified atom stereocenters. The Bertz CT molecular complexity index is 1030. The molecule has 0 atom stereocenters. The van der Waals surface area contributed by atoms with Crippen LogP contribution in [-0.4, -0.2) is 35.3 Å². The van der Waals surface area contributed by atoms with Gasteiger partial charge >= 0.3 is 5.97 Å². The van der Waals surface area contributed by atoms with Crippen LogP contribution in [0.25, 0.3) is 10.9 Å². The van der Waals surface area contributed by atoms with Crippen molar-refractivity contribution in [3.8, 4) is 5.75 Å². The fourth-order valence-corrected chi connectivity index (χ4v) is 4.38. The maximum Gasteiger partial charge on any atom is 0.341 e. The monoisotopic (exact) mass is 390 g/mol. The second kappa shape index (κ2) is 6.66. The van der Waals surface area contributed by atoms with Crippen molar-refractivity contribution in [3.05, 3.63) is 27.8 Å². The fraction of sp³-hybridized carbons (Fsp3) is 0.474. The zero-order valence-corrected chi connectivity index (χ0v) is 15.4. The van der Waals surface area contributed by atoms with Gasteiger partial charge in [0.15, 0.2) is 11.6 Å². The molecule has 8 nitrogen and oxygen atoms in total. The van der Waals surface area contributed by atoms with Crippen molar-refractivity contribution in [2.75, 3.05) is 30.7 Å². The van der Waals surface area contributed by atoms with Gasteiger partial charge in [-0.3, -0.25) is 4.79 Å². The highest BCUT2D eigenvalue weighted by molar-refractivity contribution is 6.03. The molecule has 1 spiro atoms. The number of carbonyl (C=O) groups is 1. The number of hydrogen-bond acceptors (Lipinski definition) is 6. The molecule has 1 aromatic carbocycles. The summed E-state index contributed by atoms with van der Waals surface area (Å²) in [6, 6.07) is 0. The lowest BCUT2D eigenvalue weighted by atomic mass is 9.93. The minimum Gasteiger partial charge on any atom is -0.487 e. The number of hydrogen-bond donors (Lipinski definition) is 4. The molecule has 28 heavy (non-hydrogen) atoms. The van der Waals surface area contributed by atoms with E-state index in [9.17, 15) is 14.7 Å². The van der Waals surface area contributed by atoms with Crippen molar-refractivity contribution in [2.45, 2.75) is 37.6 Å². The number of pyridine rings is 1. The third-order valence-electron chi connectivity index (χ3n) is 5.82. The Kier molecular flexibility index (Phi) is 4.41. The van der Waals surface area contributed by atoms with E-state index >= 15 is 4.39 Å². The molecule has 1 aromatic heterocycles. The Balaban J connectivity index is 2.08. The Hall–Kier alpha value is -2.81. The number of fused-ring (bicyclic) bond motifs is 1. The predicted octanol–water partition coefficient (Wildman–Crippen LogP) is 1.84. The molecule has 1 aliphatic carbocycles. The molecule has 1 aliphatic heterocycles. The molecule has 2 aromatic rings. The van der Waals surface area contributed by atoms with Gasteiger partial charge in [0.2, 0.25) is 5.43 Å². The summed E-state index contributed by atoms with van der Waals surface area (Å²) >= 11 is 0. The van der Waals surface area contributed by atoms with Crippen LogP contribution in [0.5, 0.6) is 5.75 Å². The van der Waals surface area contributed by atoms with Gasteiger partial charge in [-0.25, -0.2) is 9.18 Å². The number of carboxylic acids is 1. The van der Waals surface area contributed by atoms with Gasteiger partial charge in [0.25, 0.3) is 0 Å².